The molecular formula is C15H14ClFNO2Y-. The molecule has 0 unspecified atom stereocenters. The van der Waals surface area contributed by atoms with Crippen LogP contribution in [0.15, 0.2) is 41.6 Å². The van der Waals surface area contributed by atoms with Gasteiger partial charge in [-0.1, -0.05) is 17.8 Å². The van der Waals surface area contributed by atoms with Crippen molar-refractivity contribution >= 4 is 17.3 Å². The molecule has 3 nitrogen and oxygen atoms in total. The molecule has 6 heteroatoms. The molecule has 0 aromatic heterocycles. The van der Waals surface area contributed by atoms with E-state index in [9.17, 15) is 4.39 Å². The summed E-state index contributed by atoms with van der Waals surface area (Å²) in [6.07, 6.45) is 4.53. The third kappa shape index (κ3) is 4.16. The van der Waals surface area contributed by atoms with Crippen molar-refractivity contribution in [2.75, 3.05) is 21.0 Å². The topological polar surface area (TPSA) is 21.7 Å². The predicted octanol–water partition coefficient (Wildman–Crippen LogP) is 3.53. The van der Waals surface area contributed by atoms with E-state index < -0.39 is 5.82 Å². The van der Waals surface area contributed by atoms with Crippen molar-refractivity contribution in [3.05, 3.63) is 59.0 Å². The van der Waals surface area contributed by atoms with E-state index in [-0.39, 0.29) is 39.5 Å². The standard InChI is InChI=1S/C15H14ClFNO2.Y/c1-10-13(16)6-7-15(18(10)2)12-5-4-11(8-14(12)17)20-9-19-3;/h4-6,8H,1,9H2,2-3H3;/q-1;. The van der Waals surface area contributed by atoms with Gasteiger partial charge in [0.2, 0.25) is 0 Å². The van der Waals surface area contributed by atoms with Gasteiger partial charge in [-0.3, -0.25) is 0 Å². The van der Waals surface area contributed by atoms with Gasteiger partial charge in [0, 0.05) is 52.9 Å². The Morgan fingerprint density at radius 3 is 2.76 bits per heavy atom. The largest absolute Gasteiger partial charge is 0.468 e. The summed E-state index contributed by atoms with van der Waals surface area (Å²) in [4.78, 5) is 1.69. The molecule has 1 aliphatic heterocycles. The van der Waals surface area contributed by atoms with Crippen LogP contribution in [0, 0.1) is 11.9 Å². The molecule has 1 aromatic carbocycles. The van der Waals surface area contributed by atoms with Crippen molar-refractivity contribution in [1.82, 2.24) is 4.90 Å². The number of halogens is 2. The maximum atomic E-state index is 14.2. The van der Waals surface area contributed by atoms with E-state index in [0.29, 0.717) is 27.7 Å². The average Bonchev–Trinajstić information content (AvgIpc) is 2.44. The summed E-state index contributed by atoms with van der Waals surface area (Å²) >= 11 is 5.95. The van der Waals surface area contributed by atoms with Crippen molar-refractivity contribution in [2.24, 2.45) is 0 Å². The minimum absolute atomic E-state index is 0. The van der Waals surface area contributed by atoms with Gasteiger partial charge in [0.15, 0.2) is 6.79 Å². The first-order chi connectivity index (χ1) is 9.54. The van der Waals surface area contributed by atoms with Gasteiger partial charge in [-0.15, -0.1) is 6.07 Å². The van der Waals surface area contributed by atoms with Crippen molar-refractivity contribution in [3.63, 3.8) is 0 Å². The summed E-state index contributed by atoms with van der Waals surface area (Å²) in [5.41, 5.74) is 1.56. The van der Waals surface area contributed by atoms with E-state index in [4.69, 9.17) is 21.1 Å². The van der Waals surface area contributed by atoms with E-state index >= 15 is 0 Å². The number of benzene rings is 1. The molecule has 0 amide bonds. The van der Waals surface area contributed by atoms with E-state index in [1.165, 1.54) is 13.2 Å². The molecule has 109 valence electrons. The Labute approximate surface area is 153 Å². The molecule has 0 N–H and O–H groups in total. The molecule has 1 aromatic rings. The third-order valence-corrected chi connectivity index (χ3v) is 3.22. The summed E-state index contributed by atoms with van der Waals surface area (Å²) < 4.78 is 24.1. The fourth-order valence-electron chi connectivity index (χ4n) is 1.77. The average molecular weight is 384 g/mol. The normalized spacial score (nSPS) is 14.3. The van der Waals surface area contributed by atoms with Crippen LogP contribution in [0.25, 0.3) is 5.70 Å². The minimum atomic E-state index is -0.410. The van der Waals surface area contributed by atoms with Gasteiger partial charge in [-0.05, 0) is 16.8 Å². The summed E-state index contributed by atoms with van der Waals surface area (Å²) in [6, 6.07) is 4.60. The second-order valence-corrected chi connectivity index (χ2v) is 4.59. The van der Waals surface area contributed by atoms with Crippen LogP contribution in [0.5, 0.6) is 5.75 Å². The van der Waals surface area contributed by atoms with Crippen molar-refractivity contribution in [2.45, 2.75) is 0 Å². The Bertz CT molecular complexity index is 601. The van der Waals surface area contributed by atoms with E-state index in [1.54, 1.807) is 30.2 Å². The van der Waals surface area contributed by atoms with Gasteiger partial charge >= 0.3 is 0 Å². The van der Waals surface area contributed by atoms with Crippen molar-refractivity contribution < 1.29 is 46.6 Å². The molecule has 0 saturated carbocycles. The molecule has 0 atom stereocenters. The van der Waals surface area contributed by atoms with Crippen molar-refractivity contribution in [1.29, 1.82) is 0 Å². The van der Waals surface area contributed by atoms with Crippen LogP contribution in [0.1, 0.15) is 5.56 Å². The predicted molar refractivity (Wildman–Crippen MR) is 76.4 cm³/mol. The Morgan fingerprint density at radius 2 is 2.14 bits per heavy atom. The summed E-state index contributed by atoms with van der Waals surface area (Å²) in [7, 11) is 3.26. The number of hydrogen-bond donors (Lipinski definition) is 0. The van der Waals surface area contributed by atoms with Crippen LogP contribution in [0.2, 0.25) is 0 Å². The Morgan fingerprint density at radius 1 is 1.43 bits per heavy atom. The van der Waals surface area contributed by atoms with Gasteiger partial charge in [-0.25, -0.2) is 4.39 Å². The van der Waals surface area contributed by atoms with E-state index in [0.717, 1.165) is 0 Å². The Kier molecular flexibility index (Phi) is 7.08. The van der Waals surface area contributed by atoms with Crippen LogP contribution in [0.3, 0.4) is 0 Å². The number of methoxy groups -OCH3 is 1. The Hall–Kier alpha value is -0.676. The number of hydrogen-bond acceptors (Lipinski definition) is 3. The number of ether oxygens (including phenoxy) is 2. The molecule has 1 aliphatic rings. The molecule has 0 aliphatic carbocycles. The van der Waals surface area contributed by atoms with E-state index in [1.807, 2.05) is 0 Å². The SMILES string of the molecule is C=C1C(Cl)=C[C-]=C(c2ccc(OCOC)cc2F)N1C.[Y]. The van der Waals surface area contributed by atoms with Crippen LogP contribution >= 0.6 is 11.6 Å². The first-order valence-corrected chi connectivity index (χ1v) is 6.26. The maximum Gasteiger partial charge on any atom is 0.188 e. The number of rotatable bonds is 4. The van der Waals surface area contributed by atoms with Gasteiger partial charge < -0.3 is 14.4 Å². The van der Waals surface area contributed by atoms with Crippen LogP contribution in [-0.4, -0.2) is 25.9 Å². The second-order valence-electron chi connectivity index (χ2n) is 4.18. The quantitative estimate of drug-likeness (QED) is 0.586. The first-order valence-electron chi connectivity index (χ1n) is 5.88. The molecule has 0 bridgehead atoms. The molecule has 0 spiro atoms. The monoisotopic (exact) mass is 383 g/mol. The van der Waals surface area contributed by atoms with Gasteiger partial charge in [0.1, 0.15) is 5.75 Å². The number of allylic oxidation sites excluding steroid dienone is 3. The van der Waals surface area contributed by atoms with E-state index in [2.05, 4.69) is 12.7 Å². The fourth-order valence-corrected chi connectivity index (χ4v) is 1.95. The molecule has 0 saturated heterocycles. The second kappa shape index (κ2) is 8.09. The Balaban J connectivity index is 0.00000220. The van der Waals surface area contributed by atoms with Crippen LogP contribution in [-0.2, 0) is 37.4 Å². The minimum Gasteiger partial charge on any atom is -0.468 e. The van der Waals surface area contributed by atoms with Gasteiger partial charge in [0.25, 0.3) is 0 Å². The van der Waals surface area contributed by atoms with Crippen LogP contribution in [0.4, 0.5) is 4.39 Å². The maximum absolute atomic E-state index is 14.2. The molecule has 1 radical (unpaired) electrons. The first kappa shape index (κ1) is 18.4. The fraction of sp³-hybridized carbons (Fsp3) is 0.200. The number of nitrogens with zero attached hydrogens (tertiary/aromatic N) is 1. The molecular weight excluding hydrogens is 370 g/mol. The zero-order chi connectivity index (χ0) is 14.7. The van der Waals surface area contributed by atoms with Crippen LogP contribution < -0.4 is 4.74 Å². The molecule has 1 heterocycles. The summed E-state index contributed by atoms with van der Waals surface area (Å²) in [5.74, 6) is -0.00765. The molecule has 2 rings (SSSR count). The smallest absolute Gasteiger partial charge is 0.188 e. The summed E-state index contributed by atoms with van der Waals surface area (Å²) in [6.45, 7) is 3.91. The van der Waals surface area contributed by atoms with Gasteiger partial charge in [0.05, 0.1) is 5.82 Å². The third-order valence-electron chi connectivity index (χ3n) is 2.89. The zero-order valence-electron chi connectivity index (χ0n) is 11.8. The van der Waals surface area contributed by atoms with Gasteiger partial charge in [-0.2, -0.15) is 23.8 Å². The molecule has 21 heavy (non-hydrogen) atoms. The zero-order valence-corrected chi connectivity index (χ0v) is 15.4. The number of likely N-dealkylation sites (N-methyl/N-ethyl adjacent to an activating group) is 1. The van der Waals surface area contributed by atoms with Crippen molar-refractivity contribution in [3.8, 4) is 5.75 Å². The molecule has 0 fully saturated rings. The summed E-state index contributed by atoms with van der Waals surface area (Å²) in [5, 5.41) is 0.483.